The number of ether oxygens (including phenoxy) is 1. The lowest BCUT2D eigenvalue weighted by Crippen LogP contribution is -2.52. The number of carbonyl (C=O) groups is 1. The van der Waals surface area contributed by atoms with Crippen LogP contribution < -0.4 is 16.0 Å². The van der Waals surface area contributed by atoms with Crippen molar-refractivity contribution in [3.63, 3.8) is 0 Å². The molecule has 1 aliphatic carbocycles. The first-order valence-electron chi connectivity index (χ1n) is 9.21. The van der Waals surface area contributed by atoms with Gasteiger partial charge in [-0.15, -0.1) is 0 Å². The van der Waals surface area contributed by atoms with Crippen LogP contribution in [0.25, 0.3) is 11.2 Å². The number of fused-ring (bicyclic) bond motifs is 4. The molecule has 144 valence electrons. The van der Waals surface area contributed by atoms with Gasteiger partial charge >= 0.3 is 6.03 Å². The largest absolute Gasteiger partial charge is 0.386 e. The first kappa shape index (κ1) is 16.9. The predicted molar refractivity (Wildman–Crippen MR) is 103 cm³/mol. The summed E-state index contributed by atoms with van der Waals surface area (Å²) in [4.78, 5) is 21.8. The molecule has 10 nitrogen and oxygen atoms in total. The van der Waals surface area contributed by atoms with Crippen molar-refractivity contribution in [1.82, 2.24) is 30.0 Å². The van der Waals surface area contributed by atoms with Crippen LogP contribution in [0.2, 0.25) is 0 Å². The van der Waals surface area contributed by atoms with E-state index in [0.29, 0.717) is 23.6 Å². The van der Waals surface area contributed by atoms with Crippen molar-refractivity contribution in [3.05, 3.63) is 29.8 Å². The molecule has 3 aromatic heterocycles. The van der Waals surface area contributed by atoms with E-state index in [4.69, 9.17) is 4.74 Å². The highest BCUT2D eigenvalue weighted by Gasteiger charge is 2.34. The SMILES string of the molecule is CNc1cc2nc3c1ncn3C(=O)N[C@@H]1CC[C@H]1OCc1cc(c(C)nn1)N2. The van der Waals surface area contributed by atoms with Crippen molar-refractivity contribution in [2.45, 2.75) is 38.5 Å². The molecule has 1 amide bonds. The topological polar surface area (TPSA) is 119 Å². The first-order valence-corrected chi connectivity index (χ1v) is 9.21. The molecule has 0 radical (unpaired) electrons. The van der Waals surface area contributed by atoms with Crippen molar-refractivity contribution in [2.24, 2.45) is 0 Å². The van der Waals surface area contributed by atoms with Crippen LogP contribution in [0.1, 0.15) is 24.2 Å². The number of nitrogens with one attached hydrogen (secondary N) is 3. The van der Waals surface area contributed by atoms with E-state index in [1.807, 2.05) is 26.1 Å². The minimum absolute atomic E-state index is 0.0439. The number of imidazole rings is 1. The number of nitrogens with zero attached hydrogens (tertiary/aromatic N) is 5. The summed E-state index contributed by atoms with van der Waals surface area (Å²) in [6, 6.07) is 3.46. The average molecular weight is 380 g/mol. The van der Waals surface area contributed by atoms with E-state index in [2.05, 4.69) is 36.1 Å². The fraction of sp³-hybridized carbons (Fsp3) is 0.389. The molecule has 0 spiro atoms. The average Bonchev–Trinajstić information content (AvgIpc) is 3.10. The monoisotopic (exact) mass is 380 g/mol. The Hall–Kier alpha value is -3.27. The third kappa shape index (κ3) is 2.73. The highest BCUT2D eigenvalue weighted by molar-refractivity contribution is 5.94. The minimum Gasteiger partial charge on any atom is -0.386 e. The van der Waals surface area contributed by atoms with Crippen LogP contribution in [0.15, 0.2) is 18.5 Å². The van der Waals surface area contributed by atoms with E-state index < -0.39 is 0 Å². The van der Waals surface area contributed by atoms with Gasteiger partial charge in [-0.3, -0.25) is 0 Å². The number of hydrogen-bond acceptors (Lipinski definition) is 8. The minimum atomic E-state index is -0.265. The number of amides is 1. The first-order chi connectivity index (χ1) is 13.6. The molecule has 3 aromatic rings. The zero-order valence-electron chi connectivity index (χ0n) is 15.6. The third-order valence-corrected chi connectivity index (χ3v) is 5.25. The second-order valence-electron chi connectivity index (χ2n) is 7.03. The molecule has 4 heterocycles. The van der Waals surface area contributed by atoms with E-state index in [9.17, 15) is 4.79 Å². The van der Waals surface area contributed by atoms with Gasteiger partial charge in [0.15, 0.2) is 5.65 Å². The molecule has 1 saturated carbocycles. The van der Waals surface area contributed by atoms with E-state index in [0.717, 1.165) is 35.6 Å². The Morgan fingerprint density at radius 2 is 2.18 bits per heavy atom. The van der Waals surface area contributed by atoms with Crippen molar-refractivity contribution in [3.8, 4) is 0 Å². The Kier molecular flexibility index (Phi) is 3.86. The van der Waals surface area contributed by atoms with Crippen LogP contribution in [0.5, 0.6) is 0 Å². The molecule has 5 rings (SSSR count). The molecule has 0 saturated heterocycles. The number of hydrogen-bond donors (Lipinski definition) is 3. The van der Waals surface area contributed by atoms with Gasteiger partial charge in [-0.2, -0.15) is 10.2 Å². The van der Waals surface area contributed by atoms with Gasteiger partial charge in [-0.25, -0.2) is 19.3 Å². The summed E-state index contributed by atoms with van der Waals surface area (Å²) in [5.41, 5.74) is 4.14. The highest BCUT2D eigenvalue weighted by atomic mass is 16.5. The van der Waals surface area contributed by atoms with Gasteiger partial charge < -0.3 is 20.7 Å². The van der Waals surface area contributed by atoms with Gasteiger partial charge in [0, 0.05) is 13.1 Å². The van der Waals surface area contributed by atoms with Gasteiger partial charge in [0.05, 0.1) is 41.5 Å². The molecule has 0 aromatic carbocycles. The van der Waals surface area contributed by atoms with Crippen LogP contribution in [0, 0.1) is 6.92 Å². The molecule has 4 bridgehead atoms. The fourth-order valence-corrected chi connectivity index (χ4v) is 3.48. The highest BCUT2D eigenvalue weighted by Crippen LogP contribution is 2.29. The predicted octanol–water partition coefficient (Wildman–Crippen LogP) is 1.93. The summed E-state index contributed by atoms with van der Waals surface area (Å²) in [6.07, 6.45) is 3.22. The maximum Gasteiger partial charge on any atom is 0.328 e. The summed E-state index contributed by atoms with van der Waals surface area (Å²) < 4.78 is 7.40. The maximum atomic E-state index is 12.8. The second-order valence-corrected chi connectivity index (χ2v) is 7.03. The molecule has 3 N–H and O–H groups in total. The second kappa shape index (κ2) is 6.41. The Morgan fingerprint density at radius 1 is 1.29 bits per heavy atom. The number of carbonyl (C=O) groups excluding carboxylic acids is 1. The number of aromatic nitrogens is 5. The molecule has 1 aliphatic heterocycles. The molecule has 2 aliphatic rings. The van der Waals surface area contributed by atoms with E-state index in [1.54, 1.807) is 0 Å². The molecule has 0 unspecified atom stereocenters. The van der Waals surface area contributed by atoms with Gasteiger partial charge in [0.25, 0.3) is 0 Å². The smallest absolute Gasteiger partial charge is 0.328 e. The van der Waals surface area contributed by atoms with E-state index in [-0.39, 0.29) is 18.2 Å². The third-order valence-electron chi connectivity index (χ3n) is 5.25. The zero-order chi connectivity index (χ0) is 19.3. The van der Waals surface area contributed by atoms with Crippen molar-refractivity contribution < 1.29 is 9.53 Å². The molecular formula is C18H20N8O2. The van der Waals surface area contributed by atoms with Crippen molar-refractivity contribution in [2.75, 3.05) is 17.7 Å². The molecule has 1 fully saturated rings. The quantitative estimate of drug-likeness (QED) is 0.586. The van der Waals surface area contributed by atoms with Crippen LogP contribution in [0.3, 0.4) is 0 Å². The summed E-state index contributed by atoms with van der Waals surface area (Å²) in [6.45, 7) is 2.21. The van der Waals surface area contributed by atoms with E-state index in [1.165, 1.54) is 10.9 Å². The fourth-order valence-electron chi connectivity index (χ4n) is 3.48. The van der Waals surface area contributed by atoms with Crippen LogP contribution in [0.4, 0.5) is 22.0 Å². The maximum absolute atomic E-state index is 12.8. The normalized spacial score (nSPS) is 21.3. The molecule has 2 atom stereocenters. The lowest BCUT2D eigenvalue weighted by Gasteiger charge is -2.36. The molecular weight excluding hydrogens is 360 g/mol. The Labute approximate surface area is 160 Å². The van der Waals surface area contributed by atoms with Gasteiger partial charge in [-0.05, 0) is 25.8 Å². The zero-order valence-corrected chi connectivity index (χ0v) is 15.6. The Morgan fingerprint density at radius 3 is 2.96 bits per heavy atom. The summed E-state index contributed by atoms with van der Waals surface area (Å²) >= 11 is 0. The molecule has 28 heavy (non-hydrogen) atoms. The van der Waals surface area contributed by atoms with Gasteiger partial charge in [-0.1, -0.05) is 0 Å². The molecule has 10 heteroatoms. The lowest BCUT2D eigenvalue weighted by atomic mass is 9.89. The standard InChI is InChI=1S/C18H20N8O2/c1-9-12-5-10(25-24-9)7-28-14-4-3-11(14)22-18(27)26-8-20-16-13(19-2)6-15(21-12)23-17(16)26/h5-6,8,11,14H,3-4,7H2,1-2H3,(H,22,27)(H2,19,21,23)/t11-,14-/m1/s1. The summed E-state index contributed by atoms with van der Waals surface area (Å²) in [5, 5.41) is 17.9. The van der Waals surface area contributed by atoms with Crippen molar-refractivity contribution >= 4 is 34.4 Å². The Bertz CT molecular complexity index is 1080. The number of rotatable bonds is 1. The summed E-state index contributed by atoms with van der Waals surface area (Å²) in [5.74, 6) is 0.577. The summed E-state index contributed by atoms with van der Waals surface area (Å²) in [7, 11) is 1.81. The number of pyridine rings is 1. The van der Waals surface area contributed by atoms with Crippen LogP contribution >= 0.6 is 0 Å². The van der Waals surface area contributed by atoms with Gasteiger partial charge in [0.1, 0.15) is 17.7 Å². The van der Waals surface area contributed by atoms with Crippen LogP contribution in [-0.2, 0) is 11.3 Å². The van der Waals surface area contributed by atoms with Crippen LogP contribution in [-0.4, -0.2) is 50.0 Å². The van der Waals surface area contributed by atoms with E-state index >= 15 is 0 Å². The lowest BCUT2D eigenvalue weighted by molar-refractivity contribution is -0.0337. The number of aryl methyl sites for hydroxylation is 1. The number of anilines is 3. The van der Waals surface area contributed by atoms with Gasteiger partial charge in [0.2, 0.25) is 0 Å². The Balaban J connectivity index is 1.66. The van der Waals surface area contributed by atoms with Crippen molar-refractivity contribution in [1.29, 1.82) is 0 Å².